The third kappa shape index (κ3) is 2.74. The molecule has 0 saturated carbocycles. The van der Waals surface area contributed by atoms with Crippen LogP contribution in [0.5, 0.6) is 0 Å². The van der Waals surface area contributed by atoms with Crippen LogP contribution in [-0.4, -0.2) is 6.18 Å². The first kappa shape index (κ1) is 19.2. The van der Waals surface area contributed by atoms with Crippen molar-refractivity contribution in [1.29, 1.82) is 15.8 Å². The summed E-state index contributed by atoms with van der Waals surface area (Å²) in [5.74, 6) is -0.642. The van der Waals surface area contributed by atoms with Crippen LogP contribution in [-0.2, 0) is 10.3 Å². The molecular weight excluding hydrogens is 387 g/mol. The monoisotopic (exact) mass is 397 g/mol. The third-order valence-electron chi connectivity index (χ3n) is 4.36. The highest BCUT2D eigenvalue weighted by Gasteiger charge is 2.65. The number of rotatable bonds is 2. The lowest BCUT2D eigenvalue weighted by atomic mass is 9.90. The van der Waals surface area contributed by atoms with E-state index in [1.807, 2.05) is 0 Å². The number of hydrogen-bond donors (Lipinski definition) is 0. The zero-order chi connectivity index (χ0) is 20.5. The van der Waals surface area contributed by atoms with Gasteiger partial charge in [-0.25, -0.2) is 0 Å². The number of allylic oxidation sites excluding steroid dienone is 2. The Kier molecular flexibility index (Phi) is 4.73. The average Bonchev–Trinajstić information content (AvgIpc) is 3.27. The normalized spacial score (nSPS) is 18.8. The first-order chi connectivity index (χ1) is 13.3. The van der Waals surface area contributed by atoms with Gasteiger partial charge >= 0.3 is 6.18 Å². The minimum atomic E-state index is -4.92. The molecule has 0 N–H and O–H groups in total. The van der Waals surface area contributed by atoms with E-state index in [-0.39, 0.29) is 4.88 Å². The Morgan fingerprint density at radius 2 is 1.68 bits per heavy atom. The van der Waals surface area contributed by atoms with Crippen LogP contribution in [0.2, 0.25) is 0 Å². The van der Waals surface area contributed by atoms with Crippen LogP contribution in [0.4, 0.5) is 13.2 Å². The van der Waals surface area contributed by atoms with E-state index in [0.717, 1.165) is 23.8 Å². The van der Waals surface area contributed by atoms with Crippen molar-refractivity contribution < 1.29 is 17.9 Å². The predicted octanol–water partition coefficient (Wildman–Crippen LogP) is 5.34. The number of ether oxygens (including phenoxy) is 1. The summed E-state index contributed by atoms with van der Waals surface area (Å²) >= 11 is 0.877. The lowest BCUT2D eigenvalue weighted by molar-refractivity contribution is -0.248. The van der Waals surface area contributed by atoms with E-state index in [9.17, 15) is 18.4 Å². The molecule has 1 aromatic heterocycles. The second-order valence-corrected chi connectivity index (χ2v) is 6.93. The summed E-state index contributed by atoms with van der Waals surface area (Å²) in [6.45, 7) is 1.13. The highest BCUT2D eigenvalue weighted by Crippen LogP contribution is 2.57. The van der Waals surface area contributed by atoms with Gasteiger partial charge in [0, 0.05) is 10.5 Å². The second kappa shape index (κ2) is 6.88. The Morgan fingerprint density at radius 3 is 2.21 bits per heavy atom. The van der Waals surface area contributed by atoms with E-state index in [0.29, 0.717) is 4.88 Å². The molecule has 0 bridgehead atoms. The Bertz CT molecular complexity index is 1110. The standard InChI is InChI=1S/C20H10F3N3OS/c1-12-15(11-26)18(14(9-24)10-25)27-19(12,20(21,22)23)17-8-7-16(28-17)13-5-3-2-4-6-13/h2-8H,1H3. The number of alkyl halides is 3. The van der Waals surface area contributed by atoms with Gasteiger partial charge in [0.25, 0.3) is 5.60 Å². The van der Waals surface area contributed by atoms with Crippen molar-refractivity contribution in [3.63, 3.8) is 0 Å². The number of benzene rings is 1. The van der Waals surface area contributed by atoms with Crippen molar-refractivity contribution >= 4 is 11.3 Å². The molecule has 2 aromatic rings. The summed E-state index contributed by atoms with van der Waals surface area (Å²) < 4.78 is 48.0. The average molecular weight is 397 g/mol. The number of thiophene rings is 1. The Labute approximate surface area is 162 Å². The summed E-state index contributed by atoms with van der Waals surface area (Å²) in [7, 11) is 0. The van der Waals surface area contributed by atoms with Crippen molar-refractivity contribution in [2.75, 3.05) is 0 Å². The van der Waals surface area contributed by atoms with Crippen molar-refractivity contribution in [2.45, 2.75) is 18.7 Å². The van der Waals surface area contributed by atoms with E-state index >= 15 is 0 Å². The lowest BCUT2D eigenvalue weighted by Gasteiger charge is -2.31. The quantitative estimate of drug-likeness (QED) is 0.640. The van der Waals surface area contributed by atoms with Crippen LogP contribution in [0, 0.1) is 34.0 Å². The first-order valence-corrected chi connectivity index (χ1v) is 8.69. The highest BCUT2D eigenvalue weighted by molar-refractivity contribution is 7.15. The summed E-state index contributed by atoms with van der Waals surface area (Å²) in [6.07, 6.45) is -4.92. The van der Waals surface area contributed by atoms with Crippen LogP contribution in [0.25, 0.3) is 10.4 Å². The fraction of sp³-hybridized carbons (Fsp3) is 0.150. The van der Waals surface area contributed by atoms with Gasteiger partial charge in [0.15, 0.2) is 11.3 Å². The SMILES string of the molecule is CC1=C(C#N)C(=C(C#N)C#N)OC1(c1ccc(-c2ccccc2)s1)C(F)(F)F. The molecule has 4 nitrogen and oxygen atoms in total. The maximum Gasteiger partial charge on any atom is 0.437 e. The van der Waals surface area contributed by atoms with Crippen LogP contribution < -0.4 is 0 Å². The number of nitrogens with zero attached hydrogens (tertiary/aromatic N) is 3. The van der Waals surface area contributed by atoms with Crippen LogP contribution >= 0.6 is 11.3 Å². The first-order valence-electron chi connectivity index (χ1n) is 7.88. The van der Waals surface area contributed by atoms with Gasteiger partial charge in [-0.05, 0) is 24.6 Å². The van der Waals surface area contributed by atoms with Gasteiger partial charge < -0.3 is 4.74 Å². The topological polar surface area (TPSA) is 80.6 Å². The molecule has 0 fully saturated rings. The minimum Gasteiger partial charge on any atom is -0.464 e. The van der Waals surface area contributed by atoms with Gasteiger partial charge in [0.1, 0.15) is 18.2 Å². The van der Waals surface area contributed by atoms with E-state index in [1.54, 1.807) is 42.5 Å². The number of nitriles is 3. The smallest absolute Gasteiger partial charge is 0.437 e. The fourth-order valence-electron chi connectivity index (χ4n) is 2.99. The van der Waals surface area contributed by atoms with Crippen molar-refractivity contribution in [3.05, 3.63) is 69.8 Å². The maximum absolute atomic E-state index is 14.3. The fourth-order valence-corrected chi connectivity index (χ4v) is 4.21. The molecule has 0 amide bonds. The molecule has 1 aliphatic heterocycles. The molecule has 0 aliphatic carbocycles. The van der Waals surface area contributed by atoms with Crippen molar-refractivity contribution in [3.8, 4) is 28.6 Å². The van der Waals surface area contributed by atoms with Gasteiger partial charge in [-0.15, -0.1) is 11.3 Å². The maximum atomic E-state index is 14.3. The number of hydrogen-bond acceptors (Lipinski definition) is 5. The molecule has 8 heteroatoms. The lowest BCUT2D eigenvalue weighted by Crippen LogP contribution is -2.42. The minimum absolute atomic E-state index is 0.186. The molecule has 1 unspecified atom stereocenters. The van der Waals surface area contributed by atoms with E-state index in [1.165, 1.54) is 18.2 Å². The van der Waals surface area contributed by atoms with Gasteiger partial charge in [-0.3, -0.25) is 0 Å². The molecule has 0 saturated heterocycles. The molecular formula is C20H10F3N3OS. The van der Waals surface area contributed by atoms with Crippen molar-refractivity contribution in [2.24, 2.45) is 0 Å². The van der Waals surface area contributed by atoms with Crippen LogP contribution in [0.15, 0.2) is 64.9 Å². The van der Waals surface area contributed by atoms with E-state index in [2.05, 4.69) is 0 Å². The molecule has 1 aliphatic rings. The second-order valence-electron chi connectivity index (χ2n) is 5.85. The highest BCUT2D eigenvalue weighted by atomic mass is 32.1. The van der Waals surface area contributed by atoms with Crippen LogP contribution in [0.1, 0.15) is 11.8 Å². The molecule has 3 rings (SSSR count). The number of halogens is 3. The molecule has 138 valence electrons. The summed E-state index contributed by atoms with van der Waals surface area (Å²) in [5, 5.41) is 27.5. The van der Waals surface area contributed by atoms with Crippen LogP contribution in [0.3, 0.4) is 0 Å². The summed E-state index contributed by atoms with van der Waals surface area (Å²) in [6, 6.07) is 16.3. The molecule has 1 atom stereocenters. The molecule has 28 heavy (non-hydrogen) atoms. The largest absolute Gasteiger partial charge is 0.464 e. The predicted molar refractivity (Wildman–Crippen MR) is 95.1 cm³/mol. The Morgan fingerprint density at radius 1 is 1.04 bits per heavy atom. The van der Waals surface area contributed by atoms with Gasteiger partial charge in [0.2, 0.25) is 0 Å². The molecule has 0 spiro atoms. The van der Waals surface area contributed by atoms with Crippen molar-refractivity contribution in [1.82, 2.24) is 0 Å². The van der Waals surface area contributed by atoms with Gasteiger partial charge in [-0.1, -0.05) is 30.3 Å². The van der Waals surface area contributed by atoms with Gasteiger partial charge in [0.05, 0.1) is 10.5 Å². The molecule has 0 radical (unpaired) electrons. The zero-order valence-electron chi connectivity index (χ0n) is 14.3. The third-order valence-corrected chi connectivity index (χ3v) is 5.59. The zero-order valence-corrected chi connectivity index (χ0v) is 15.1. The Hall–Kier alpha value is -3.54. The van der Waals surface area contributed by atoms with Gasteiger partial charge in [-0.2, -0.15) is 29.0 Å². The summed E-state index contributed by atoms with van der Waals surface area (Å²) in [4.78, 5) is 0.404. The molecule has 1 aromatic carbocycles. The summed E-state index contributed by atoms with van der Waals surface area (Å²) in [5.41, 5.74) is -3.72. The van der Waals surface area contributed by atoms with E-state index in [4.69, 9.17) is 15.3 Å². The Balaban J connectivity index is 2.26. The molecule has 2 heterocycles. The van der Waals surface area contributed by atoms with E-state index < -0.39 is 34.3 Å².